The van der Waals surface area contributed by atoms with E-state index >= 15 is 0 Å². The second kappa shape index (κ2) is 7.63. The molecule has 24 heavy (non-hydrogen) atoms. The van der Waals surface area contributed by atoms with Crippen LogP contribution in [0.1, 0.15) is 57.8 Å². The minimum absolute atomic E-state index is 0.0325. The van der Waals surface area contributed by atoms with Crippen molar-refractivity contribution in [2.45, 2.75) is 70.1 Å². The fourth-order valence-corrected chi connectivity index (χ4v) is 4.78. The smallest absolute Gasteiger partial charge is 0.401 e. The number of alkyl halides is 3. The van der Waals surface area contributed by atoms with E-state index in [2.05, 4.69) is 0 Å². The van der Waals surface area contributed by atoms with Gasteiger partial charge in [0.15, 0.2) is 0 Å². The number of nitrogens with zero attached hydrogens (tertiary/aromatic N) is 1. The molecule has 138 valence electrons. The predicted octanol–water partition coefficient (Wildman–Crippen LogP) is 4.16. The minimum Gasteiger partial charge on any atom is -0.462 e. The number of piperidine rings is 1. The molecule has 3 aliphatic rings. The van der Waals surface area contributed by atoms with Gasteiger partial charge in [0.05, 0.1) is 12.5 Å². The summed E-state index contributed by atoms with van der Waals surface area (Å²) in [6.07, 6.45) is 5.15. The summed E-state index contributed by atoms with van der Waals surface area (Å²) >= 11 is 0. The highest BCUT2D eigenvalue weighted by Crippen LogP contribution is 2.41. The number of fused-ring (bicyclic) bond motifs is 1. The normalized spacial score (nSPS) is 33.0. The number of hydrogen-bond acceptors (Lipinski definition) is 3. The SMILES string of the molecule is O=C(OC1CCC2CCCCC2C1)C1CCN(CC(F)(F)F)CC1. The molecule has 0 spiro atoms. The predicted molar refractivity (Wildman–Crippen MR) is 84.4 cm³/mol. The Kier molecular flexibility index (Phi) is 5.73. The van der Waals surface area contributed by atoms with Crippen LogP contribution >= 0.6 is 0 Å². The zero-order valence-electron chi connectivity index (χ0n) is 14.2. The van der Waals surface area contributed by atoms with Crippen LogP contribution in [0.25, 0.3) is 0 Å². The van der Waals surface area contributed by atoms with Crippen molar-refractivity contribution in [3.63, 3.8) is 0 Å². The van der Waals surface area contributed by atoms with E-state index in [1.807, 2.05) is 0 Å². The Morgan fingerprint density at radius 1 is 0.958 bits per heavy atom. The highest BCUT2D eigenvalue weighted by Gasteiger charge is 2.37. The number of esters is 1. The van der Waals surface area contributed by atoms with Crippen LogP contribution in [0.15, 0.2) is 0 Å². The van der Waals surface area contributed by atoms with Crippen LogP contribution in [0.5, 0.6) is 0 Å². The molecule has 0 aromatic heterocycles. The van der Waals surface area contributed by atoms with E-state index in [1.54, 1.807) is 0 Å². The lowest BCUT2D eigenvalue weighted by molar-refractivity contribution is -0.162. The maximum absolute atomic E-state index is 12.4. The molecule has 0 radical (unpaired) electrons. The molecular formula is C18H28F3NO2. The van der Waals surface area contributed by atoms with Gasteiger partial charge in [0.1, 0.15) is 6.10 Å². The van der Waals surface area contributed by atoms with Gasteiger partial charge in [0, 0.05) is 0 Å². The Hall–Kier alpha value is -0.780. The first-order valence-electron chi connectivity index (χ1n) is 9.40. The van der Waals surface area contributed by atoms with Crippen LogP contribution in [0.2, 0.25) is 0 Å². The molecule has 0 aromatic carbocycles. The van der Waals surface area contributed by atoms with Crippen LogP contribution in [0.4, 0.5) is 13.2 Å². The summed E-state index contributed by atoms with van der Waals surface area (Å²) in [7, 11) is 0. The van der Waals surface area contributed by atoms with Crippen molar-refractivity contribution in [3.8, 4) is 0 Å². The molecule has 1 aliphatic heterocycles. The number of ether oxygens (including phenoxy) is 1. The molecule has 3 unspecified atom stereocenters. The van der Waals surface area contributed by atoms with Crippen molar-refractivity contribution in [1.82, 2.24) is 4.90 Å². The molecule has 1 saturated heterocycles. The average Bonchev–Trinajstić information content (AvgIpc) is 2.54. The van der Waals surface area contributed by atoms with Gasteiger partial charge >= 0.3 is 12.1 Å². The second-order valence-corrected chi connectivity index (χ2v) is 7.84. The molecular weight excluding hydrogens is 319 g/mol. The number of carbonyl (C=O) groups excluding carboxylic acids is 1. The van der Waals surface area contributed by atoms with E-state index in [0.717, 1.165) is 25.2 Å². The van der Waals surface area contributed by atoms with Crippen LogP contribution < -0.4 is 0 Å². The Bertz CT molecular complexity index is 432. The zero-order valence-corrected chi connectivity index (χ0v) is 14.2. The summed E-state index contributed by atoms with van der Waals surface area (Å²) in [6, 6.07) is 0. The highest BCUT2D eigenvalue weighted by molar-refractivity contribution is 5.72. The van der Waals surface area contributed by atoms with Gasteiger partial charge < -0.3 is 4.74 Å². The summed E-state index contributed by atoms with van der Waals surface area (Å²) < 4.78 is 43.0. The third-order valence-corrected chi connectivity index (χ3v) is 6.10. The van der Waals surface area contributed by atoms with Crippen molar-refractivity contribution in [3.05, 3.63) is 0 Å². The molecule has 3 atom stereocenters. The molecule has 3 fully saturated rings. The number of rotatable bonds is 3. The first-order valence-corrected chi connectivity index (χ1v) is 9.40. The lowest BCUT2D eigenvalue weighted by Crippen LogP contribution is -2.42. The Morgan fingerprint density at radius 3 is 2.29 bits per heavy atom. The van der Waals surface area contributed by atoms with Crippen LogP contribution in [-0.4, -0.2) is 42.8 Å². The van der Waals surface area contributed by atoms with E-state index in [9.17, 15) is 18.0 Å². The van der Waals surface area contributed by atoms with Gasteiger partial charge in [-0.1, -0.05) is 25.7 Å². The number of halogens is 3. The molecule has 0 aromatic rings. The summed E-state index contributed by atoms with van der Waals surface area (Å²) in [4.78, 5) is 13.7. The Labute approximate surface area is 141 Å². The number of hydrogen-bond donors (Lipinski definition) is 0. The molecule has 0 amide bonds. The molecule has 0 bridgehead atoms. The van der Waals surface area contributed by atoms with E-state index in [1.165, 1.54) is 30.6 Å². The molecule has 0 N–H and O–H groups in total. The number of likely N-dealkylation sites (tertiary alicyclic amines) is 1. The third-order valence-electron chi connectivity index (χ3n) is 6.10. The van der Waals surface area contributed by atoms with Crippen molar-refractivity contribution < 1.29 is 22.7 Å². The lowest BCUT2D eigenvalue weighted by Gasteiger charge is -2.39. The summed E-state index contributed by atoms with van der Waals surface area (Å²) in [5.41, 5.74) is 0. The minimum atomic E-state index is -4.16. The Balaban J connectivity index is 1.41. The average molecular weight is 347 g/mol. The monoisotopic (exact) mass is 347 g/mol. The summed E-state index contributed by atoms with van der Waals surface area (Å²) in [5, 5.41) is 0. The molecule has 3 nitrogen and oxygen atoms in total. The maximum atomic E-state index is 12.4. The maximum Gasteiger partial charge on any atom is 0.401 e. The first kappa shape index (κ1) is 18.0. The quantitative estimate of drug-likeness (QED) is 0.718. The highest BCUT2D eigenvalue weighted by atomic mass is 19.4. The summed E-state index contributed by atoms with van der Waals surface area (Å²) in [5.74, 6) is 1.12. The fourth-order valence-electron chi connectivity index (χ4n) is 4.78. The zero-order chi connectivity index (χ0) is 17.2. The van der Waals surface area contributed by atoms with Crippen molar-refractivity contribution >= 4 is 5.97 Å². The van der Waals surface area contributed by atoms with E-state index < -0.39 is 12.7 Å². The van der Waals surface area contributed by atoms with Gasteiger partial charge in [-0.15, -0.1) is 0 Å². The van der Waals surface area contributed by atoms with Gasteiger partial charge in [0.25, 0.3) is 0 Å². The standard InChI is InChI=1S/C18H28F3NO2/c19-18(20,21)12-22-9-7-14(8-10-22)17(23)24-16-6-5-13-3-1-2-4-15(13)11-16/h13-16H,1-12H2. The van der Waals surface area contributed by atoms with Gasteiger partial charge in [-0.25, -0.2) is 0 Å². The van der Waals surface area contributed by atoms with Gasteiger partial charge in [0.2, 0.25) is 0 Å². The van der Waals surface area contributed by atoms with Crippen molar-refractivity contribution in [2.24, 2.45) is 17.8 Å². The van der Waals surface area contributed by atoms with Crippen LogP contribution in [0.3, 0.4) is 0 Å². The van der Waals surface area contributed by atoms with E-state index in [4.69, 9.17) is 4.74 Å². The molecule has 2 saturated carbocycles. The number of carbonyl (C=O) groups is 1. The molecule has 3 rings (SSSR count). The van der Waals surface area contributed by atoms with E-state index in [-0.39, 0.29) is 18.0 Å². The Morgan fingerprint density at radius 2 is 1.62 bits per heavy atom. The largest absolute Gasteiger partial charge is 0.462 e. The first-order chi connectivity index (χ1) is 11.4. The topological polar surface area (TPSA) is 29.5 Å². The second-order valence-electron chi connectivity index (χ2n) is 7.84. The van der Waals surface area contributed by atoms with Crippen molar-refractivity contribution in [2.75, 3.05) is 19.6 Å². The van der Waals surface area contributed by atoms with Crippen molar-refractivity contribution in [1.29, 1.82) is 0 Å². The van der Waals surface area contributed by atoms with E-state index in [0.29, 0.717) is 31.8 Å². The van der Waals surface area contributed by atoms with Gasteiger partial charge in [-0.2, -0.15) is 13.2 Å². The lowest BCUT2D eigenvalue weighted by atomic mass is 9.70. The van der Waals surface area contributed by atoms with Crippen LogP contribution in [-0.2, 0) is 9.53 Å². The molecule has 2 aliphatic carbocycles. The van der Waals surface area contributed by atoms with Crippen LogP contribution in [0, 0.1) is 17.8 Å². The summed E-state index contributed by atoms with van der Waals surface area (Å²) in [6.45, 7) is -0.219. The third kappa shape index (κ3) is 4.87. The van der Waals surface area contributed by atoms with Gasteiger partial charge in [-0.05, 0) is 57.0 Å². The molecule has 1 heterocycles. The van der Waals surface area contributed by atoms with Gasteiger partial charge in [-0.3, -0.25) is 9.69 Å². The fraction of sp³-hybridized carbons (Fsp3) is 0.944. The molecule has 6 heteroatoms.